The van der Waals surface area contributed by atoms with Gasteiger partial charge >= 0.3 is 11.9 Å². The van der Waals surface area contributed by atoms with Crippen LogP contribution < -0.4 is 0 Å². The molecule has 0 aliphatic carbocycles. The minimum absolute atomic E-state index is 0.0258. The van der Waals surface area contributed by atoms with Crippen molar-refractivity contribution in [3.63, 3.8) is 0 Å². The van der Waals surface area contributed by atoms with E-state index in [0.717, 1.165) is 4.90 Å². The maximum atomic E-state index is 12.8. The number of ether oxygens (including phenoxy) is 2. The van der Waals surface area contributed by atoms with E-state index < -0.39 is 11.9 Å². The first kappa shape index (κ1) is 22.2. The van der Waals surface area contributed by atoms with Gasteiger partial charge in [-0.3, -0.25) is 4.57 Å². The van der Waals surface area contributed by atoms with E-state index in [2.05, 4.69) is 0 Å². The summed E-state index contributed by atoms with van der Waals surface area (Å²) in [5.74, 6) is -1.35. The van der Waals surface area contributed by atoms with Crippen LogP contribution in [0.5, 0.6) is 0 Å². The van der Waals surface area contributed by atoms with E-state index in [1.54, 1.807) is 53.1 Å². The number of rotatable bonds is 5. The number of esters is 2. The average Bonchev–Trinajstić information content (AvgIpc) is 3.14. The van der Waals surface area contributed by atoms with Gasteiger partial charge in [-0.1, -0.05) is 35.0 Å². The summed E-state index contributed by atoms with van der Waals surface area (Å²) in [4.78, 5) is 31.1. The van der Waals surface area contributed by atoms with E-state index in [1.807, 2.05) is 12.1 Å². The lowest BCUT2D eigenvalue weighted by molar-refractivity contribution is 0.0551. The Labute approximate surface area is 198 Å². The first-order valence-electron chi connectivity index (χ1n) is 9.34. The fourth-order valence-corrected chi connectivity index (χ4v) is 4.30. The van der Waals surface area contributed by atoms with E-state index in [4.69, 9.17) is 37.7 Å². The first-order valence-corrected chi connectivity index (χ1v) is 10.9. The molecule has 2 aromatic carbocycles. The number of fused-ring (bicyclic) bond motifs is 1. The van der Waals surface area contributed by atoms with E-state index in [-0.39, 0.29) is 11.3 Å². The molecule has 162 valence electrons. The van der Waals surface area contributed by atoms with Crippen LogP contribution >= 0.6 is 35.0 Å². The third kappa shape index (κ3) is 4.19. The lowest BCUT2D eigenvalue weighted by Crippen LogP contribution is -2.15. The summed E-state index contributed by atoms with van der Waals surface area (Å²) in [6.07, 6.45) is 0. The molecule has 2 heterocycles. The number of hydrogen-bond donors (Lipinski definition) is 0. The summed E-state index contributed by atoms with van der Waals surface area (Å²) >= 11 is 13.4. The molecule has 0 N–H and O–H groups in total. The quantitative estimate of drug-likeness (QED) is 0.319. The first-order chi connectivity index (χ1) is 15.4. The fourth-order valence-electron chi connectivity index (χ4n) is 3.26. The Morgan fingerprint density at radius 2 is 1.44 bits per heavy atom. The number of pyridine rings is 1. The Balaban J connectivity index is 1.98. The van der Waals surface area contributed by atoms with Crippen LogP contribution in [0, 0.1) is 0 Å². The minimum Gasteiger partial charge on any atom is -0.465 e. The molecule has 0 bridgehead atoms. The molecule has 0 atom stereocenters. The number of hydrogen-bond acceptors (Lipinski definition) is 6. The molecule has 0 fully saturated rings. The Hall–Kier alpha value is -3.00. The SMILES string of the molecule is COC(=O)c1c(C(=O)OC)n(-c2ccc(Cl)cc2)c2nc(Sc3ccc(Cl)cc3)ccc12. The highest BCUT2D eigenvalue weighted by Gasteiger charge is 2.30. The average molecular weight is 487 g/mol. The highest BCUT2D eigenvalue weighted by Crippen LogP contribution is 2.34. The minimum atomic E-state index is -0.690. The van der Waals surface area contributed by atoms with Gasteiger partial charge < -0.3 is 9.47 Å². The van der Waals surface area contributed by atoms with Gasteiger partial charge in [-0.15, -0.1) is 0 Å². The normalized spacial score (nSPS) is 10.9. The van der Waals surface area contributed by atoms with Gasteiger partial charge in [0.15, 0.2) is 0 Å². The molecule has 0 spiro atoms. The standard InChI is InChI=1S/C23H16Cl2N2O4S/c1-30-22(28)19-17-11-12-18(32-16-9-5-14(25)6-10-16)26-21(17)27(20(19)23(29)31-2)15-7-3-13(24)4-8-15/h3-12H,1-2H3. The van der Waals surface area contributed by atoms with Crippen molar-refractivity contribution in [2.75, 3.05) is 14.2 Å². The van der Waals surface area contributed by atoms with E-state index in [9.17, 15) is 9.59 Å². The topological polar surface area (TPSA) is 70.4 Å². The third-order valence-corrected chi connectivity index (χ3v) is 6.13. The molecular formula is C23H16Cl2N2O4S. The lowest BCUT2D eigenvalue weighted by Gasteiger charge is -2.10. The highest BCUT2D eigenvalue weighted by atomic mass is 35.5. The molecule has 0 saturated heterocycles. The van der Waals surface area contributed by atoms with E-state index >= 15 is 0 Å². The summed E-state index contributed by atoms with van der Waals surface area (Å²) < 4.78 is 11.5. The molecule has 0 aliphatic rings. The predicted octanol–water partition coefficient (Wildman–Crippen LogP) is 6.06. The number of aromatic nitrogens is 2. The van der Waals surface area contributed by atoms with Gasteiger partial charge in [-0.25, -0.2) is 14.6 Å². The molecule has 9 heteroatoms. The Morgan fingerprint density at radius 1 is 0.844 bits per heavy atom. The van der Waals surface area contributed by atoms with Crippen LogP contribution in [-0.4, -0.2) is 35.7 Å². The van der Waals surface area contributed by atoms with Crippen molar-refractivity contribution in [2.45, 2.75) is 9.92 Å². The van der Waals surface area contributed by atoms with Gasteiger partial charge in [0.2, 0.25) is 0 Å². The fraction of sp³-hybridized carbons (Fsp3) is 0.0870. The summed E-state index contributed by atoms with van der Waals surface area (Å²) in [6, 6.07) is 17.7. The molecule has 6 nitrogen and oxygen atoms in total. The van der Waals surface area contributed by atoms with Gasteiger partial charge in [0.05, 0.1) is 14.2 Å². The Bertz CT molecular complexity index is 1320. The van der Waals surface area contributed by atoms with Crippen molar-refractivity contribution >= 4 is 57.9 Å². The molecule has 0 radical (unpaired) electrons. The zero-order chi connectivity index (χ0) is 22.8. The van der Waals surface area contributed by atoms with Crippen molar-refractivity contribution < 1.29 is 19.1 Å². The molecule has 2 aromatic heterocycles. The van der Waals surface area contributed by atoms with Crippen molar-refractivity contribution in [3.8, 4) is 5.69 Å². The monoisotopic (exact) mass is 486 g/mol. The number of methoxy groups -OCH3 is 2. The maximum Gasteiger partial charge on any atom is 0.356 e. The van der Waals surface area contributed by atoms with Crippen molar-refractivity contribution in [1.82, 2.24) is 9.55 Å². The number of carbonyl (C=O) groups excluding carboxylic acids is 2. The summed E-state index contributed by atoms with van der Waals surface area (Å²) in [7, 11) is 2.51. The van der Waals surface area contributed by atoms with Crippen molar-refractivity contribution in [1.29, 1.82) is 0 Å². The Morgan fingerprint density at radius 3 is 2.03 bits per heavy atom. The lowest BCUT2D eigenvalue weighted by atomic mass is 10.1. The van der Waals surface area contributed by atoms with Crippen LogP contribution in [0.2, 0.25) is 10.0 Å². The summed E-state index contributed by atoms with van der Waals surface area (Å²) in [6.45, 7) is 0. The van der Waals surface area contributed by atoms with Crippen LogP contribution in [0.4, 0.5) is 0 Å². The number of halogens is 2. The predicted molar refractivity (Wildman–Crippen MR) is 124 cm³/mol. The van der Waals surface area contributed by atoms with E-state index in [0.29, 0.717) is 31.8 Å². The van der Waals surface area contributed by atoms with Gasteiger partial charge in [0.25, 0.3) is 0 Å². The van der Waals surface area contributed by atoms with Gasteiger partial charge in [0.1, 0.15) is 21.9 Å². The molecular weight excluding hydrogens is 471 g/mol. The number of benzene rings is 2. The third-order valence-electron chi connectivity index (χ3n) is 4.68. The molecule has 0 amide bonds. The van der Waals surface area contributed by atoms with Crippen LogP contribution in [0.25, 0.3) is 16.7 Å². The van der Waals surface area contributed by atoms with Gasteiger partial charge in [-0.2, -0.15) is 0 Å². The highest BCUT2D eigenvalue weighted by molar-refractivity contribution is 7.99. The van der Waals surface area contributed by atoms with Crippen LogP contribution in [0.3, 0.4) is 0 Å². The molecule has 0 unspecified atom stereocenters. The molecule has 4 aromatic rings. The van der Waals surface area contributed by atoms with E-state index in [1.165, 1.54) is 26.0 Å². The number of carbonyl (C=O) groups is 2. The summed E-state index contributed by atoms with van der Waals surface area (Å²) in [5, 5.41) is 2.30. The molecule has 32 heavy (non-hydrogen) atoms. The number of nitrogens with zero attached hydrogens (tertiary/aromatic N) is 2. The Kier molecular flexibility index (Phi) is 6.41. The van der Waals surface area contributed by atoms with Crippen molar-refractivity contribution in [2.24, 2.45) is 0 Å². The zero-order valence-corrected chi connectivity index (χ0v) is 19.3. The summed E-state index contributed by atoms with van der Waals surface area (Å²) in [5.41, 5.74) is 1.11. The van der Waals surface area contributed by atoms with Gasteiger partial charge in [0, 0.05) is 26.0 Å². The van der Waals surface area contributed by atoms with Gasteiger partial charge in [-0.05, 0) is 60.7 Å². The molecule has 4 rings (SSSR count). The van der Waals surface area contributed by atoms with Crippen LogP contribution in [0.1, 0.15) is 20.8 Å². The second kappa shape index (κ2) is 9.24. The second-order valence-electron chi connectivity index (χ2n) is 6.60. The maximum absolute atomic E-state index is 12.8. The smallest absolute Gasteiger partial charge is 0.356 e. The van der Waals surface area contributed by atoms with Crippen LogP contribution in [-0.2, 0) is 9.47 Å². The van der Waals surface area contributed by atoms with Crippen LogP contribution in [0.15, 0.2) is 70.6 Å². The molecule has 0 saturated carbocycles. The van der Waals surface area contributed by atoms with Crippen molar-refractivity contribution in [3.05, 3.63) is 82.0 Å². The zero-order valence-electron chi connectivity index (χ0n) is 17.0. The largest absolute Gasteiger partial charge is 0.465 e. The second-order valence-corrected chi connectivity index (χ2v) is 8.56. The molecule has 0 aliphatic heterocycles.